The van der Waals surface area contributed by atoms with E-state index in [1.807, 2.05) is 11.0 Å². The van der Waals surface area contributed by atoms with Crippen LogP contribution in [0.4, 0.5) is 0 Å². The highest BCUT2D eigenvalue weighted by Gasteiger charge is 2.18. The van der Waals surface area contributed by atoms with Gasteiger partial charge in [-0.05, 0) is 25.0 Å². The van der Waals surface area contributed by atoms with E-state index in [0.29, 0.717) is 5.56 Å². The Morgan fingerprint density at radius 2 is 0.696 bits per heavy atom. The normalized spacial score (nSPS) is 11.3. The van der Waals surface area contributed by atoms with E-state index in [0.717, 1.165) is 25.9 Å². The SMILES string of the molecule is CCCCCCCCCCCCCCCCCCN(CCCCCCCCCCCCCCCCCC)C(=O)c1ccccc1O. The van der Waals surface area contributed by atoms with E-state index >= 15 is 0 Å². The molecule has 1 aromatic carbocycles. The number of unbranched alkanes of at least 4 members (excludes halogenated alkanes) is 30. The lowest BCUT2D eigenvalue weighted by molar-refractivity contribution is 0.0746. The molecule has 0 aliphatic rings. The number of carbonyl (C=O) groups is 1. The third kappa shape index (κ3) is 25.6. The number of para-hydroxylation sites is 1. The van der Waals surface area contributed by atoms with Crippen LogP contribution in [0.25, 0.3) is 0 Å². The molecule has 3 nitrogen and oxygen atoms in total. The van der Waals surface area contributed by atoms with Crippen molar-refractivity contribution in [3.05, 3.63) is 29.8 Å². The van der Waals surface area contributed by atoms with Gasteiger partial charge in [-0.15, -0.1) is 0 Å². The van der Waals surface area contributed by atoms with Crippen molar-refractivity contribution in [3.8, 4) is 5.75 Å². The Morgan fingerprint density at radius 3 is 0.978 bits per heavy atom. The fourth-order valence-corrected chi connectivity index (χ4v) is 6.84. The van der Waals surface area contributed by atoms with E-state index in [2.05, 4.69) is 13.8 Å². The topological polar surface area (TPSA) is 40.5 Å². The lowest BCUT2D eigenvalue weighted by Gasteiger charge is -2.23. The number of hydrogen-bond acceptors (Lipinski definition) is 2. The van der Waals surface area contributed by atoms with Gasteiger partial charge in [0.25, 0.3) is 5.91 Å². The number of carbonyl (C=O) groups excluding carboxylic acids is 1. The van der Waals surface area contributed by atoms with Gasteiger partial charge in [0.2, 0.25) is 0 Å². The minimum atomic E-state index is 0.0000174. The Bertz CT molecular complexity index is 742. The number of hydrogen-bond donors (Lipinski definition) is 1. The summed E-state index contributed by atoms with van der Waals surface area (Å²) in [6, 6.07) is 7.05. The van der Waals surface area contributed by atoms with E-state index < -0.39 is 0 Å². The van der Waals surface area contributed by atoms with Crippen LogP contribution in [-0.2, 0) is 0 Å². The van der Waals surface area contributed by atoms with Crippen molar-refractivity contribution in [1.29, 1.82) is 0 Å². The number of phenols is 1. The first-order chi connectivity index (χ1) is 22.7. The monoisotopic (exact) mass is 642 g/mol. The molecule has 268 valence electrons. The smallest absolute Gasteiger partial charge is 0.257 e. The van der Waals surface area contributed by atoms with Crippen LogP contribution in [0, 0.1) is 0 Å². The molecular weight excluding hydrogens is 562 g/mol. The fraction of sp³-hybridized carbons (Fsp3) is 0.837. The van der Waals surface area contributed by atoms with Crippen molar-refractivity contribution in [3.63, 3.8) is 0 Å². The molecular formula is C43H79NO2. The molecule has 0 bridgehead atoms. The van der Waals surface area contributed by atoms with Crippen LogP contribution in [0.3, 0.4) is 0 Å². The van der Waals surface area contributed by atoms with Gasteiger partial charge >= 0.3 is 0 Å². The summed E-state index contributed by atoms with van der Waals surface area (Å²) in [5.74, 6) is 0.108. The summed E-state index contributed by atoms with van der Waals surface area (Å²) in [6.45, 7) is 6.20. The third-order valence-corrected chi connectivity index (χ3v) is 9.98. The largest absolute Gasteiger partial charge is 0.507 e. The van der Waals surface area contributed by atoms with Gasteiger partial charge in [-0.2, -0.15) is 0 Å². The maximum Gasteiger partial charge on any atom is 0.257 e. The van der Waals surface area contributed by atoms with Gasteiger partial charge in [-0.25, -0.2) is 0 Å². The van der Waals surface area contributed by atoms with Gasteiger partial charge in [-0.1, -0.05) is 219 Å². The second-order valence-corrected chi connectivity index (χ2v) is 14.4. The molecule has 0 aliphatic heterocycles. The zero-order valence-corrected chi connectivity index (χ0v) is 31.2. The average Bonchev–Trinajstić information content (AvgIpc) is 3.06. The minimum Gasteiger partial charge on any atom is -0.507 e. The van der Waals surface area contributed by atoms with E-state index in [1.165, 1.54) is 193 Å². The molecule has 0 atom stereocenters. The molecule has 1 amide bonds. The first-order valence-corrected chi connectivity index (χ1v) is 20.8. The highest BCUT2D eigenvalue weighted by Crippen LogP contribution is 2.20. The van der Waals surface area contributed by atoms with Gasteiger partial charge in [0, 0.05) is 13.1 Å². The van der Waals surface area contributed by atoms with Crippen LogP contribution in [-0.4, -0.2) is 29.0 Å². The lowest BCUT2D eigenvalue weighted by atomic mass is 10.0. The van der Waals surface area contributed by atoms with Crippen molar-refractivity contribution in [2.75, 3.05) is 13.1 Å². The average molecular weight is 642 g/mol. The Kier molecular flexibility index (Phi) is 30.9. The van der Waals surface area contributed by atoms with E-state index in [1.54, 1.807) is 18.2 Å². The van der Waals surface area contributed by atoms with Crippen molar-refractivity contribution < 1.29 is 9.90 Å². The lowest BCUT2D eigenvalue weighted by Crippen LogP contribution is -2.33. The van der Waals surface area contributed by atoms with E-state index in [-0.39, 0.29) is 11.7 Å². The first kappa shape index (κ1) is 42.5. The third-order valence-electron chi connectivity index (χ3n) is 9.98. The molecule has 1 rings (SSSR count). The minimum absolute atomic E-state index is 0.0000174. The van der Waals surface area contributed by atoms with Crippen LogP contribution in [0.1, 0.15) is 230 Å². The van der Waals surface area contributed by atoms with Crippen LogP contribution >= 0.6 is 0 Å². The van der Waals surface area contributed by atoms with Gasteiger partial charge < -0.3 is 10.0 Å². The summed E-state index contributed by atoms with van der Waals surface area (Å²) in [5, 5.41) is 10.3. The Hall–Kier alpha value is -1.51. The summed E-state index contributed by atoms with van der Waals surface area (Å²) in [5.41, 5.74) is 0.454. The molecule has 0 fully saturated rings. The Morgan fingerprint density at radius 1 is 0.435 bits per heavy atom. The molecule has 0 unspecified atom stereocenters. The maximum absolute atomic E-state index is 13.3. The number of benzene rings is 1. The van der Waals surface area contributed by atoms with Crippen LogP contribution < -0.4 is 0 Å². The predicted octanol–water partition coefficient (Wildman–Crippen LogP) is 14.4. The summed E-state index contributed by atoms with van der Waals surface area (Å²) in [6.07, 6.45) is 43.5. The van der Waals surface area contributed by atoms with Crippen molar-refractivity contribution in [1.82, 2.24) is 4.90 Å². The fourth-order valence-electron chi connectivity index (χ4n) is 6.84. The van der Waals surface area contributed by atoms with Gasteiger partial charge in [0.15, 0.2) is 0 Å². The number of amides is 1. The summed E-state index contributed by atoms with van der Waals surface area (Å²) in [7, 11) is 0. The molecule has 0 saturated carbocycles. The number of phenolic OH excluding ortho intramolecular Hbond substituents is 1. The number of aromatic hydroxyl groups is 1. The molecule has 0 heterocycles. The van der Waals surface area contributed by atoms with Crippen molar-refractivity contribution >= 4 is 5.91 Å². The molecule has 0 spiro atoms. The first-order valence-electron chi connectivity index (χ1n) is 20.8. The molecule has 0 aromatic heterocycles. The van der Waals surface area contributed by atoms with Gasteiger partial charge in [0.05, 0.1) is 5.56 Å². The number of nitrogens with zero attached hydrogens (tertiary/aromatic N) is 1. The van der Waals surface area contributed by atoms with Crippen LogP contribution in [0.15, 0.2) is 24.3 Å². The maximum atomic E-state index is 13.3. The second-order valence-electron chi connectivity index (χ2n) is 14.4. The number of rotatable bonds is 35. The molecule has 0 aliphatic carbocycles. The zero-order valence-electron chi connectivity index (χ0n) is 31.2. The molecule has 1 N–H and O–H groups in total. The summed E-state index contributed by atoms with van der Waals surface area (Å²) < 4.78 is 0. The molecule has 1 aromatic rings. The highest BCUT2D eigenvalue weighted by atomic mass is 16.3. The van der Waals surface area contributed by atoms with Gasteiger partial charge in [0.1, 0.15) is 5.75 Å². The van der Waals surface area contributed by atoms with Gasteiger partial charge in [-0.3, -0.25) is 4.79 Å². The standard InChI is InChI=1S/C43H79NO2/c1-3-5-7-9-11-13-15-17-19-21-23-25-27-29-31-35-39-44(43(46)41-37-33-34-38-42(41)45)40-36-32-30-28-26-24-22-20-18-16-14-12-10-8-6-4-2/h33-34,37-38,45H,3-32,35-36,39-40H2,1-2H3. The summed E-state index contributed by atoms with van der Waals surface area (Å²) >= 11 is 0. The Labute approximate surface area is 288 Å². The molecule has 46 heavy (non-hydrogen) atoms. The van der Waals surface area contributed by atoms with E-state index in [9.17, 15) is 9.90 Å². The Balaban J connectivity index is 2.11. The molecule has 3 heteroatoms. The van der Waals surface area contributed by atoms with Crippen LogP contribution in [0.5, 0.6) is 5.75 Å². The molecule has 0 saturated heterocycles. The second kappa shape index (κ2) is 33.4. The van der Waals surface area contributed by atoms with E-state index in [4.69, 9.17) is 0 Å². The summed E-state index contributed by atoms with van der Waals surface area (Å²) in [4.78, 5) is 15.3. The highest BCUT2D eigenvalue weighted by molar-refractivity contribution is 5.96. The van der Waals surface area contributed by atoms with Crippen molar-refractivity contribution in [2.45, 2.75) is 219 Å². The van der Waals surface area contributed by atoms with Crippen molar-refractivity contribution in [2.24, 2.45) is 0 Å². The predicted molar refractivity (Wildman–Crippen MR) is 203 cm³/mol. The zero-order chi connectivity index (χ0) is 33.2. The quantitative estimate of drug-likeness (QED) is 0.0749. The molecule has 0 radical (unpaired) electrons. The van der Waals surface area contributed by atoms with Crippen LogP contribution in [0.2, 0.25) is 0 Å².